The van der Waals surface area contributed by atoms with Crippen molar-refractivity contribution < 1.29 is 8.42 Å². The predicted molar refractivity (Wildman–Crippen MR) is 117 cm³/mol. The molecule has 0 radical (unpaired) electrons. The van der Waals surface area contributed by atoms with E-state index in [-0.39, 0.29) is 0 Å². The van der Waals surface area contributed by atoms with Crippen LogP contribution in [0.4, 0.5) is 0 Å². The molecule has 3 rings (SSSR count). The lowest BCUT2D eigenvalue weighted by atomic mass is 9.99. The second-order valence-corrected chi connectivity index (χ2v) is 10.7. The Balaban J connectivity index is 1.59. The quantitative estimate of drug-likeness (QED) is 0.667. The molecule has 0 saturated carbocycles. The zero-order chi connectivity index (χ0) is 20.9. The van der Waals surface area contributed by atoms with Crippen LogP contribution in [0.25, 0.3) is 5.57 Å². The maximum absolute atomic E-state index is 13.0. The molecule has 1 heterocycles. The second-order valence-electron chi connectivity index (χ2n) is 8.17. The number of nitrogens with zero attached hydrogens (tertiary/aromatic N) is 2. The molecule has 0 spiro atoms. The van der Waals surface area contributed by atoms with Crippen molar-refractivity contribution in [3.63, 3.8) is 0 Å². The lowest BCUT2D eigenvalue weighted by molar-refractivity contribution is 0.292. The summed E-state index contributed by atoms with van der Waals surface area (Å²) in [5, 5.41) is 9.12. The van der Waals surface area contributed by atoms with E-state index in [1.807, 2.05) is 44.2 Å². The first-order valence-electron chi connectivity index (χ1n) is 10.0. The summed E-state index contributed by atoms with van der Waals surface area (Å²) in [7, 11) is -3.36. The van der Waals surface area contributed by atoms with Crippen LogP contribution >= 0.6 is 0 Å². The fourth-order valence-electron chi connectivity index (χ4n) is 3.78. The van der Waals surface area contributed by atoms with Gasteiger partial charge < -0.3 is 0 Å². The number of hydrogen-bond acceptors (Lipinski definition) is 4. The number of sulfone groups is 1. The summed E-state index contributed by atoms with van der Waals surface area (Å²) in [4.78, 5) is 2.77. The Morgan fingerprint density at radius 3 is 2.59 bits per heavy atom. The van der Waals surface area contributed by atoms with Gasteiger partial charge in [0, 0.05) is 13.1 Å². The minimum atomic E-state index is -3.36. The highest BCUT2D eigenvalue weighted by molar-refractivity contribution is 7.92. The Hall–Kier alpha value is -2.42. The summed E-state index contributed by atoms with van der Waals surface area (Å²) in [5.41, 5.74) is 3.01. The van der Waals surface area contributed by atoms with E-state index in [0.717, 1.165) is 38.0 Å². The highest BCUT2D eigenvalue weighted by Gasteiger charge is 2.35. The first kappa shape index (κ1) is 21.3. The van der Waals surface area contributed by atoms with Crippen LogP contribution in [-0.4, -0.2) is 37.7 Å². The van der Waals surface area contributed by atoms with E-state index < -0.39 is 14.6 Å². The van der Waals surface area contributed by atoms with E-state index in [1.54, 1.807) is 24.3 Å². The molecule has 152 valence electrons. The maximum Gasteiger partial charge on any atom is 0.183 e. The first-order chi connectivity index (χ1) is 13.8. The van der Waals surface area contributed by atoms with Crippen LogP contribution in [0.2, 0.25) is 0 Å². The molecule has 0 bridgehead atoms. The van der Waals surface area contributed by atoms with E-state index >= 15 is 0 Å². The van der Waals surface area contributed by atoms with Crippen molar-refractivity contribution in [3.8, 4) is 6.07 Å². The van der Waals surface area contributed by atoms with E-state index in [4.69, 9.17) is 5.26 Å². The topological polar surface area (TPSA) is 61.2 Å². The number of rotatable bonds is 7. The van der Waals surface area contributed by atoms with Gasteiger partial charge in [0.25, 0.3) is 0 Å². The van der Waals surface area contributed by atoms with Gasteiger partial charge in [-0.15, -0.1) is 0 Å². The highest BCUT2D eigenvalue weighted by atomic mass is 32.2. The smallest absolute Gasteiger partial charge is 0.183 e. The van der Waals surface area contributed by atoms with Gasteiger partial charge in [-0.05, 0) is 75.1 Å². The van der Waals surface area contributed by atoms with Crippen molar-refractivity contribution >= 4 is 15.4 Å². The zero-order valence-electron chi connectivity index (χ0n) is 17.1. The molecule has 5 heteroatoms. The van der Waals surface area contributed by atoms with Crippen molar-refractivity contribution in [1.29, 1.82) is 5.26 Å². The molecule has 0 aromatic heterocycles. The molecule has 29 heavy (non-hydrogen) atoms. The normalized spacial score (nSPS) is 15.6. The van der Waals surface area contributed by atoms with Crippen molar-refractivity contribution in [2.45, 2.75) is 42.8 Å². The number of benzene rings is 2. The third kappa shape index (κ3) is 4.95. The summed E-state index contributed by atoms with van der Waals surface area (Å²) < 4.78 is 25.2. The van der Waals surface area contributed by atoms with E-state index in [0.29, 0.717) is 16.9 Å². The largest absolute Gasteiger partial charge is 0.299 e. The summed E-state index contributed by atoms with van der Waals surface area (Å²) in [5.74, 6) is 0. The van der Waals surface area contributed by atoms with Gasteiger partial charge in [0.1, 0.15) is 0 Å². The van der Waals surface area contributed by atoms with Crippen LogP contribution in [0, 0.1) is 11.3 Å². The van der Waals surface area contributed by atoms with Gasteiger partial charge in [0.05, 0.1) is 21.3 Å². The molecular weight excluding hydrogens is 380 g/mol. The molecule has 2 aromatic rings. The molecule has 4 nitrogen and oxygen atoms in total. The minimum absolute atomic E-state index is 0.394. The summed E-state index contributed by atoms with van der Waals surface area (Å²) in [6.45, 7) is 6.32. The molecule has 1 aliphatic rings. The van der Waals surface area contributed by atoms with Crippen LogP contribution in [0.5, 0.6) is 0 Å². The van der Waals surface area contributed by atoms with Gasteiger partial charge in [0.2, 0.25) is 0 Å². The molecule has 0 atom stereocenters. The molecule has 0 aliphatic carbocycles. The fourth-order valence-corrected chi connectivity index (χ4v) is 5.34. The van der Waals surface area contributed by atoms with E-state index in [9.17, 15) is 8.42 Å². The van der Waals surface area contributed by atoms with Crippen LogP contribution in [-0.2, 0) is 9.84 Å². The van der Waals surface area contributed by atoms with Crippen molar-refractivity contribution in [1.82, 2.24) is 4.90 Å². The van der Waals surface area contributed by atoms with Crippen LogP contribution in [0.1, 0.15) is 44.2 Å². The molecule has 0 saturated heterocycles. The average molecular weight is 409 g/mol. The molecule has 2 aromatic carbocycles. The maximum atomic E-state index is 13.0. The standard InChI is InChI=1S/C24H28N2O2S/c1-24(2,29(27,28)23-12-4-3-5-13-23)14-8-16-26-15-7-11-22(19-26)21-10-6-9-20(17-21)18-25/h3-6,9-13,17H,7-8,14-16,19H2,1-2H3. The molecule has 0 unspecified atom stereocenters. The molecule has 0 amide bonds. The Kier molecular flexibility index (Phi) is 6.56. The molecule has 1 aliphatic heterocycles. The van der Waals surface area contributed by atoms with Gasteiger partial charge in [-0.25, -0.2) is 8.42 Å². The van der Waals surface area contributed by atoms with E-state index in [1.165, 1.54) is 5.57 Å². The van der Waals surface area contributed by atoms with Crippen molar-refractivity contribution in [2.75, 3.05) is 19.6 Å². The summed E-state index contributed by atoms with van der Waals surface area (Å²) in [6.07, 6.45) is 4.66. The third-order valence-electron chi connectivity index (χ3n) is 5.63. The SMILES string of the molecule is CC(C)(CCCN1CCC=C(c2cccc(C#N)c2)C1)S(=O)(=O)c1ccccc1. The fraction of sp³-hybridized carbons (Fsp3) is 0.375. The molecule has 0 fully saturated rings. The average Bonchev–Trinajstić information content (AvgIpc) is 2.74. The van der Waals surface area contributed by atoms with Gasteiger partial charge in [-0.1, -0.05) is 36.4 Å². The minimum Gasteiger partial charge on any atom is -0.299 e. The summed E-state index contributed by atoms with van der Waals surface area (Å²) >= 11 is 0. The second kappa shape index (κ2) is 8.94. The highest BCUT2D eigenvalue weighted by Crippen LogP contribution is 2.30. The summed E-state index contributed by atoms with van der Waals surface area (Å²) in [6, 6.07) is 18.6. The van der Waals surface area contributed by atoms with Gasteiger partial charge in [-0.2, -0.15) is 5.26 Å². The van der Waals surface area contributed by atoms with Crippen molar-refractivity contribution in [2.24, 2.45) is 0 Å². The number of hydrogen-bond donors (Lipinski definition) is 0. The van der Waals surface area contributed by atoms with Crippen LogP contribution in [0.3, 0.4) is 0 Å². The Morgan fingerprint density at radius 2 is 1.86 bits per heavy atom. The van der Waals surface area contributed by atoms with Gasteiger partial charge in [0.15, 0.2) is 9.84 Å². The van der Waals surface area contributed by atoms with Crippen LogP contribution in [0.15, 0.2) is 65.6 Å². The zero-order valence-corrected chi connectivity index (χ0v) is 18.0. The Morgan fingerprint density at radius 1 is 1.10 bits per heavy atom. The Labute approximate surface area is 174 Å². The van der Waals surface area contributed by atoms with Gasteiger partial charge >= 0.3 is 0 Å². The van der Waals surface area contributed by atoms with Gasteiger partial charge in [-0.3, -0.25) is 4.90 Å². The molecular formula is C24H28N2O2S. The van der Waals surface area contributed by atoms with E-state index in [2.05, 4.69) is 17.0 Å². The monoisotopic (exact) mass is 408 g/mol. The third-order valence-corrected chi connectivity index (χ3v) is 8.18. The lowest BCUT2D eigenvalue weighted by Gasteiger charge is -2.30. The first-order valence-corrected chi connectivity index (χ1v) is 11.5. The lowest BCUT2D eigenvalue weighted by Crippen LogP contribution is -2.35. The molecule has 0 N–H and O–H groups in total. The number of nitriles is 1. The van der Waals surface area contributed by atoms with Crippen LogP contribution < -0.4 is 0 Å². The predicted octanol–water partition coefficient (Wildman–Crippen LogP) is 4.68. The van der Waals surface area contributed by atoms with Crippen molar-refractivity contribution in [3.05, 3.63) is 71.8 Å². The Bertz CT molecular complexity index is 1020.